The van der Waals surface area contributed by atoms with Crippen molar-refractivity contribution >= 4 is 33.9 Å². The molecule has 128 valence electrons. The zero-order valence-electron chi connectivity index (χ0n) is 13.8. The van der Waals surface area contributed by atoms with Crippen LogP contribution in [0, 0.1) is 0 Å². The van der Waals surface area contributed by atoms with Gasteiger partial charge in [0.05, 0.1) is 31.1 Å². The number of methoxy groups -OCH3 is 1. The SMILES string of the molecule is COC(=O)C1=C(C)N(Cc2ccco2)C(=O)C1=Cc1ccccc1Br. The van der Waals surface area contributed by atoms with E-state index >= 15 is 0 Å². The molecule has 0 fully saturated rings. The number of benzene rings is 1. The number of nitrogens with zero attached hydrogens (tertiary/aromatic N) is 1. The zero-order valence-corrected chi connectivity index (χ0v) is 15.4. The minimum atomic E-state index is -0.536. The molecule has 0 bridgehead atoms. The second-order valence-electron chi connectivity index (χ2n) is 5.50. The minimum Gasteiger partial charge on any atom is -0.467 e. The zero-order chi connectivity index (χ0) is 18.0. The molecular formula is C19H16BrNO4. The topological polar surface area (TPSA) is 59.8 Å². The van der Waals surface area contributed by atoms with Crippen molar-refractivity contribution in [2.24, 2.45) is 0 Å². The number of furan rings is 1. The van der Waals surface area contributed by atoms with E-state index in [9.17, 15) is 9.59 Å². The van der Waals surface area contributed by atoms with Crippen LogP contribution in [0.5, 0.6) is 0 Å². The molecule has 2 heterocycles. The third kappa shape index (κ3) is 3.30. The van der Waals surface area contributed by atoms with Crippen molar-refractivity contribution in [1.29, 1.82) is 0 Å². The van der Waals surface area contributed by atoms with Gasteiger partial charge in [-0.05, 0) is 36.8 Å². The van der Waals surface area contributed by atoms with Crippen molar-refractivity contribution in [3.05, 3.63) is 75.3 Å². The van der Waals surface area contributed by atoms with Crippen LogP contribution in [0.1, 0.15) is 18.2 Å². The van der Waals surface area contributed by atoms with Gasteiger partial charge in [-0.2, -0.15) is 0 Å². The summed E-state index contributed by atoms with van der Waals surface area (Å²) in [6.45, 7) is 1.99. The van der Waals surface area contributed by atoms with Crippen LogP contribution >= 0.6 is 15.9 Å². The second-order valence-corrected chi connectivity index (χ2v) is 6.36. The maximum Gasteiger partial charge on any atom is 0.340 e. The Morgan fingerprint density at radius 1 is 1.28 bits per heavy atom. The molecule has 1 aromatic carbocycles. The second kappa shape index (κ2) is 7.11. The third-order valence-electron chi connectivity index (χ3n) is 4.00. The first kappa shape index (κ1) is 17.2. The predicted octanol–water partition coefficient (Wildman–Crippen LogP) is 3.91. The molecule has 0 saturated heterocycles. The van der Waals surface area contributed by atoms with E-state index in [1.54, 1.807) is 31.4 Å². The molecule has 1 aliphatic rings. The molecule has 25 heavy (non-hydrogen) atoms. The summed E-state index contributed by atoms with van der Waals surface area (Å²) in [6, 6.07) is 11.0. The molecule has 1 aliphatic heterocycles. The molecule has 6 heteroatoms. The van der Waals surface area contributed by atoms with E-state index in [1.807, 2.05) is 24.3 Å². The molecule has 0 N–H and O–H groups in total. The van der Waals surface area contributed by atoms with Crippen LogP contribution in [0.2, 0.25) is 0 Å². The number of allylic oxidation sites excluding steroid dienone is 1. The lowest BCUT2D eigenvalue weighted by Gasteiger charge is -2.16. The molecule has 1 amide bonds. The largest absolute Gasteiger partial charge is 0.467 e. The molecule has 5 nitrogen and oxygen atoms in total. The Kier molecular flexibility index (Phi) is 4.90. The van der Waals surface area contributed by atoms with E-state index in [0.29, 0.717) is 17.0 Å². The van der Waals surface area contributed by atoms with Crippen LogP contribution in [0.15, 0.2) is 68.4 Å². The maximum atomic E-state index is 12.9. The maximum absolute atomic E-state index is 12.9. The van der Waals surface area contributed by atoms with E-state index in [-0.39, 0.29) is 18.0 Å². The van der Waals surface area contributed by atoms with Crippen LogP contribution in [0.3, 0.4) is 0 Å². The Hall–Kier alpha value is -2.60. The summed E-state index contributed by atoms with van der Waals surface area (Å²) < 4.78 is 11.0. The lowest BCUT2D eigenvalue weighted by Crippen LogP contribution is -2.24. The van der Waals surface area contributed by atoms with Crippen LogP contribution in [0.4, 0.5) is 0 Å². The Balaban J connectivity index is 2.06. The number of carbonyl (C=O) groups excluding carboxylic acids is 2. The quantitative estimate of drug-likeness (QED) is 0.575. The molecule has 3 rings (SSSR count). The average Bonchev–Trinajstić information content (AvgIpc) is 3.19. The van der Waals surface area contributed by atoms with Gasteiger partial charge in [0.1, 0.15) is 5.76 Å². The number of ether oxygens (including phenoxy) is 1. The molecule has 0 saturated carbocycles. The molecule has 0 radical (unpaired) electrons. The fraction of sp³-hybridized carbons (Fsp3) is 0.158. The lowest BCUT2D eigenvalue weighted by molar-refractivity contribution is -0.136. The monoisotopic (exact) mass is 401 g/mol. The highest BCUT2D eigenvalue weighted by Gasteiger charge is 2.37. The number of halogens is 1. The normalized spacial score (nSPS) is 16.0. The van der Waals surface area contributed by atoms with Gasteiger partial charge >= 0.3 is 5.97 Å². The van der Waals surface area contributed by atoms with Gasteiger partial charge in [0.25, 0.3) is 5.91 Å². The van der Waals surface area contributed by atoms with Crippen molar-refractivity contribution in [2.45, 2.75) is 13.5 Å². The van der Waals surface area contributed by atoms with Crippen molar-refractivity contribution < 1.29 is 18.7 Å². The van der Waals surface area contributed by atoms with Gasteiger partial charge in [-0.25, -0.2) is 4.79 Å². The van der Waals surface area contributed by atoms with Crippen molar-refractivity contribution in [2.75, 3.05) is 7.11 Å². The Bertz CT molecular complexity index is 881. The first-order valence-electron chi connectivity index (χ1n) is 7.63. The van der Waals surface area contributed by atoms with Crippen LogP contribution in [-0.4, -0.2) is 23.9 Å². The van der Waals surface area contributed by atoms with E-state index in [2.05, 4.69) is 15.9 Å². The number of hydrogen-bond acceptors (Lipinski definition) is 4. The summed E-state index contributed by atoms with van der Waals surface area (Å²) in [5.74, 6) is -0.157. The molecule has 2 aromatic rings. The summed E-state index contributed by atoms with van der Waals surface area (Å²) in [6.07, 6.45) is 3.25. The molecule has 0 atom stereocenters. The highest BCUT2D eigenvalue weighted by Crippen LogP contribution is 2.33. The lowest BCUT2D eigenvalue weighted by atomic mass is 10.0. The Morgan fingerprint density at radius 3 is 2.68 bits per heavy atom. The first-order valence-corrected chi connectivity index (χ1v) is 8.42. The van der Waals surface area contributed by atoms with Gasteiger partial charge in [0.2, 0.25) is 0 Å². The van der Waals surface area contributed by atoms with Crippen molar-refractivity contribution in [3.63, 3.8) is 0 Å². The Labute approximate surface area is 153 Å². The fourth-order valence-corrected chi connectivity index (χ4v) is 3.12. The standard InChI is InChI=1S/C19H16BrNO4/c1-12-17(19(23)24-2)15(10-13-6-3-4-8-16(13)20)18(22)21(12)11-14-7-5-9-25-14/h3-10H,11H2,1-2H3. The minimum absolute atomic E-state index is 0.255. The average molecular weight is 402 g/mol. The van der Waals surface area contributed by atoms with Gasteiger partial charge in [0, 0.05) is 10.2 Å². The number of amides is 1. The smallest absolute Gasteiger partial charge is 0.340 e. The number of esters is 1. The van der Waals surface area contributed by atoms with E-state index in [4.69, 9.17) is 9.15 Å². The van der Waals surface area contributed by atoms with Gasteiger partial charge in [-0.1, -0.05) is 34.1 Å². The molecule has 0 aliphatic carbocycles. The molecule has 0 spiro atoms. The van der Waals surface area contributed by atoms with Crippen LogP contribution < -0.4 is 0 Å². The number of rotatable bonds is 4. The third-order valence-corrected chi connectivity index (χ3v) is 4.72. The summed E-state index contributed by atoms with van der Waals surface area (Å²) in [5, 5.41) is 0. The van der Waals surface area contributed by atoms with Crippen molar-refractivity contribution in [1.82, 2.24) is 4.90 Å². The van der Waals surface area contributed by atoms with E-state index < -0.39 is 5.97 Å². The molecule has 1 aromatic heterocycles. The highest BCUT2D eigenvalue weighted by atomic mass is 79.9. The molecule has 0 unspecified atom stereocenters. The number of hydrogen-bond donors (Lipinski definition) is 0. The van der Waals surface area contributed by atoms with E-state index in [1.165, 1.54) is 12.0 Å². The first-order chi connectivity index (χ1) is 12.0. The van der Waals surface area contributed by atoms with Crippen LogP contribution in [-0.2, 0) is 20.9 Å². The van der Waals surface area contributed by atoms with Crippen molar-refractivity contribution in [3.8, 4) is 0 Å². The fourth-order valence-electron chi connectivity index (χ4n) is 2.72. The predicted molar refractivity (Wildman–Crippen MR) is 96.1 cm³/mol. The van der Waals surface area contributed by atoms with Gasteiger partial charge in [-0.3, -0.25) is 4.79 Å². The highest BCUT2D eigenvalue weighted by molar-refractivity contribution is 9.10. The summed E-state index contributed by atoms with van der Waals surface area (Å²) in [4.78, 5) is 26.7. The van der Waals surface area contributed by atoms with E-state index in [0.717, 1.165) is 10.0 Å². The summed E-state index contributed by atoms with van der Waals surface area (Å²) in [7, 11) is 1.30. The molecular weight excluding hydrogens is 386 g/mol. The van der Waals surface area contributed by atoms with Gasteiger partial charge < -0.3 is 14.1 Å². The van der Waals surface area contributed by atoms with Crippen LogP contribution in [0.25, 0.3) is 6.08 Å². The number of carbonyl (C=O) groups is 2. The summed E-state index contributed by atoms with van der Waals surface area (Å²) >= 11 is 3.46. The summed E-state index contributed by atoms with van der Waals surface area (Å²) in [5.41, 5.74) is 1.93. The van der Waals surface area contributed by atoms with Gasteiger partial charge in [-0.15, -0.1) is 0 Å². The Morgan fingerprint density at radius 2 is 2.04 bits per heavy atom. The van der Waals surface area contributed by atoms with Gasteiger partial charge in [0.15, 0.2) is 0 Å².